The molecule has 0 spiro atoms. The third kappa shape index (κ3) is 9.01. The van der Waals surface area contributed by atoms with Crippen LogP contribution >= 0.6 is 11.8 Å². The van der Waals surface area contributed by atoms with Gasteiger partial charge in [0, 0.05) is 17.0 Å². The van der Waals surface area contributed by atoms with Gasteiger partial charge in [-0.1, -0.05) is 26.3 Å². The van der Waals surface area contributed by atoms with E-state index >= 15 is 0 Å². The van der Waals surface area contributed by atoms with Crippen molar-refractivity contribution in [3.63, 3.8) is 0 Å². The van der Waals surface area contributed by atoms with Gasteiger partial charge in [0.25, 0.3) is 0 Å². The van der Waals surface area contributed by atoms with Crippen molar-refractivity contribution < 1.29 is 0 Å². The molecule has 0 amide bonds. The van der Waals surface area contributed by atoms with Gasteiger partial charge in [-0.15, -0.1) is 6.58 Å². The highest BCUT2D eigenvalue weighted by atomic mass is 32.2. The van der Waals surface area contributed by atoms with Gasteiger partial charge < -0.3 is 5.32 Å². The molecule has 0 rings (SSSR count). The van der Waals surface area contributed by atoms with Crippen LogP contribution in [0.5, 0.6) is 0 Å². The van der Waals surface area contributed by atoms with Gasteiger partial charge in [0.1, 0.15) is 0 Å². The van der Waals surface area contributed by atoms with Crippen molar-refractivity contribution in [2.75, 3.05) is 12.3 Å². The second-order valence-electron chi connectivity index (χ2n) is 4.30. The highest BCUT2D eigenvalue weighted by molar-refractivity contribution is 7.99. The maximum atomic E-state index is 3.96. The predicted octanol–water partition coefficient (Wildman–Crippen LogP) is 3.85. The third-order valence-electron chi connectivity index (χ3n) is 2.57. The Labute approximate surface area is 100 Å². The standard InChI is InChI=1S/C13H27NS/c1-6-12(5)15-10-13(14-7-2)9-8-11(3)4/h12-14H,3,6-10H2,1-2,4-5H3. The maximum absolute atomic E-state index is 3.96. The zero-order valence-electron chi connectivity index (χ0n) is 10.8. The minimum Gasteiger partial charge on any atom is -0.313 e. The van der Waals surface area contributed by atoms with Crippen LogP contribution in [0.1, 0.15) is 47.0 Å². The Morgan fingerprint density at radius 1 is 1.40 bits per heavy atom. The average Bonchev–Trinajstić information content (AvgIpc) is 2.21. The van der Waals surface area contributed by atoms with Crippen LogP contribution in [-0.4, -0.2) is 23.6 Å². The lowest BCUT2D eigenvalue weighted by Gasteiger charge is -2.19. The first kappa shape index (κ1) is 15.0. The number of allylic oxidation sites excluding steroid dienone is 1. The molecule has 0 saturated heterocycles. The minimum absolute atomic E-state index is 0.658. The molecule has 0 bridgehead atoms. The highest BCUT2D eigenvalue weighted by Crippen LogP contribution is 2.17. The normalized spacial score (nSPS) is 14.9. The van der Waals surface area contributed by atoms with Gasteiger partial charge in [-0.3, -0.25) is 0 Å². The van der Waals surface area contributed by atoms with Crippen molar-refractivity contribution in [1.29, 1.82) is 0 Å². The van der Waals surface area contributed by atoms with Gasteiger partial charge in [-0.25, -0.2) is 0 Å². The molecule has 2 heteroatoms. The third-order valence-corrected chi connectivity index (χ3v) is 4.07. The lowest BCUT2D eigenvalue weighted by molar-refractivity contribution is 0.536. The monoisotopic (exact) mass is 229 g/mol. The molecule has 2 atom stereocenters. The van der Waals surface area contributed by atoms with Crippen LogP contribution in [0.3, 0.4) is 0 Å². The summed E-state index contributed by atoms with van der Waals surface area (Å²) in [6, 6.07) is 0.658. The fourth-order valence-corrected chi connectivity index (χ4v) is 2.43. The molecule has 0 radical (unpaired) electrons. The van der Waals surface area contributed by atoms with Gasteiger partial charge in [0.05, 0.1) is 0 Å². The lowest BCUT2D eigenvalue weighted by atomic mass is 10.1. The first-order valence-electron chi connectivity index (χ1n) is 6.09. The minimum atomic E-state index is 0.658. The zero-order chi connectivity index (χ0) is 11.7. The van der Waals surface area contributed by atoms with Crippen molar-refractivity contribution in [3.05, 3.63) is 12.2 Å². The van der Waals surface area contributed by atoms with Crippen LogP contribution in [0.2, 0.25) is 0 Å². The molecule has 0 aromatic heterocycles. The quantitative estimate of drug-likeness (QED) is 0.603. The Hall–Kier alpha value is 0.0500. The van der Waals surface area contributed by atoms with E-state index in [1.807, 2.05) is 0 Å². The van der Waals surface area contributed by atoms with Crippen molar-refractivity contribution in [3.8, 4) is 0 Å². The van der Waals surface area contributed by atoms with E-state index in [1.54, 1.807) is 0 Å². The summed E-state index contributed by atoms with van der Waals surface area (Å²) >= 11 is 2.08. The number of rotatable bonds is 9. The molecule has 0 aliphatic heterocycles. The number of hydrogen-bond donors (Lipinski definition) is 1. The molecular formula is C13H27NS. The second kappa shape index (κ2) is 9.29. The molecule has 1 nitrogen and oxygen atoms in total. The molecule has 0 aromatic carbocycles. The van der Waals surface area contributed by atoms with Crippen LogP contribution in [0, 0.1) is 0 Å². The second-order valence-corrected chi connectivity index (χ2v) is 5.77. The van der Waals surface area contributed by atoms with E-state index in [2.05, 4.69) is 51.4 Å². The van der Waals surface area contributed by atoms with E-state index in [-0.39, 0.29) is 0 Å². The first-order valence-corrected chi connectivity index (χ1v) is 7.14. The van der Waals surface area contributed by atoms with Crippen LogP contribution in [0.25, 0.3) is 0 Å². The fourth-order valence-electron chi connectivity index (χ4n) is 1.35. The van der Waals surface area contributed by atoms with E-state index in [0.29, 0.717) is 6.04 Å². The van der Waals surface area contributed by atoms with E-state index < -0.39 is 0 Å². The van der Waals surface area contributed by atoms with E-state index in [1.165, 1.54) is 24.2 Å². The summed E-state index contributed by atoms with van der Waals surface area (Å²) in [6.07, 6.45) is 3.65. The molecule has 0 fully saturated rings. The van der Waals surface area contributed by atoms with E-state index in [9.17, 15) is 0 Å². The summed E-state index contributed by atoms with van der Waals surface area (Å²) in [5.74, 6) is 1.23. The van der Waals surface area contributed by atoms with E-state index in [4.69, 9.17) is 0 Å². The Morgan fingerprint density at radius 2 is 2.07 bits per heavy atom. The van der Waals surface area contributed by atoms with Gasteiger partial charge >= 0.3 is 0 Å². The molecule has 2 unspecified atom stereocenters. The number of nitrogens with one attached hydrogen (secondary N) is 1. The van der Waals surface area contributed by atoms with Crippen LogP contribution < -0.4 is 5.32 Å². The largest absolute Gasteiger partial charge is 0.313 e. The van der Waals surface area contributed by atoms with Gasteiger partial charge in [0.2, 0.25) is 0 Å². The summed E-state index contributed by atoms with van der Waals surface area (Å²) in [7, 11) is 0. The zero-order valence-corrected chi connectivity index (χ0v) is 11.6. The van der Waals surface area contributed by atoms with Crippen molar-refractivity contribution in [2.45, 2.75) is 58.2 Å². The Bertz CT molecular complexity index is 168. The summed E-state index contributed by atoms with van der Waals surface area (Å²) in [4.78, 5) is 0. The van der Waals surface area contributed by atoms with Gasteiger partial charge in [0.15, 0.2) is 0 Å². The molecule has 90 valence electrons. The molecule has 0 heterocycles. The maximum Gasteiger partial charge on any atom is 0.0161 e. The van der Waals surface area contributed by atoms with Crippen molar-refractivity contribution in [2.24, 2.45) is 0 Å². The smallest absolute Gasteiger partial charge is 0.0161 e. The summed E-state index contributed by atoms with van der Waals surface area (Å²) in [6.45, 7) is 13.9. The molecule has 0 saturated carbocycles. The highest BCUT2D eigenvalue weighted by Gasteiger charge is 2.09. The molecule has 1 N–H and O–H groups in total. The molecule has 0 aliphatic rings. The van der Waals surface area contributed by atoms with Crippen LogP contribution in [0.4, 0.5) is 0 Å². The molecular weight excluding hydrogens is 202 g/mol. The average molecular weight is 229 g/mol. The summed E-state index contributed by atoms with van der Waals surface area (Å²) < 4.78 is 0. The first-order chi connectivity index (χ1) is 7.10. The molecule has 0 aromatic rings. The Balaban J connectivity index is 3.76. The van der Waals surface area contributed by atoms with Crippen molar-refractivity contribution >= 4 is 11.8 Å². The SMILES string of the molecule is C=C(C)CCC(CSC(C)CC)NCC. The fraction of sp³-hybridized carbons (Fsp3) is 0.846. The van der Waals surface area contributed by atoms with Gasteiger partial charge in [-0.2, -0.15) is 11.8 Å². The number of thioether (sulfide) groups is 1. The summed E-state index contributed by atoms with van der Waals surface area (Å²) in [5.41, 5.74) is 1.30. The van der Waals surface area contributed by atoms with Gasteiger partial charge in [-0.05, 0) is 32.7 Å². The topological polar surface area (TPSA) is 12.0 Å². The van der Waals surface area contributed by atoms with Crippen molar-refractivity contribution in [1.82, 2.24) is 5.32 Å². The number of hydrogen-bond acceptors (Lipinski definition) is 2. The Kier molecular flexibility index (Phi) is 9.32. The van der Waals surface area contributed by atoms with E-state index in [0.717, 1.165) is 18.2 Å². The Morgan fingerprint density at radius 3 is 2.53 bits per heavy atom. The molecule has 15 heavy (non-hydrogen) atoms. The van der Waals surface area contributed by atoms with Crippen LogP contribution in [0.15, 0.2) is 12.2 Å². The van der Waals surface area contributed by atoms with Crippen LogP contribution in [-0.2, 0) is 0 Å². The molecule has 0 aliphatic carbocycles. The lowest BCUT2D eigenvalue weighted by Crippen LogP contribution is -2.31. The predicted molar refractivity (Wildman–Crippen MR) is 73.7 cm³/mol. The summed E-state index contributed by atoms with van der Waals surface area (Å²) in [5, 5.41) is 4.34.